The van der Waals surface area contributed by atoms with Crippen LogP contribution in [0.2, 0.25) is 0 Å². The molecule has 3 nitrogen and oxygen atoms in total. The average Bonchev–Trinajstić information content (AvgIpc) is 3.14. The van der Waals surface area contributed by atoms with Crippen LogP contribution in [0.1, 0.15) is 47.3 Å². The molecule has 0 aliphatic carbocycles. The maximum Gasteiger partial charge on any atom is 0.416 e. The Morgan fingerprint density at radius 3 is 2.53 bits per heavy atom. The van der Waals surface area contributed by atoms with E-state index in [-0.39, 0.29) is 11.8 Å². The highest BCUT2D eigenvalue weighted by Crippen LogP contribution is 2.33. The third kappa shape index (κ3) is 4.65. The Bertz CT molecular complexity index is 1140. The summed E-state index contributed by atoms with van der Waals surface area (Å²) >= 11 is 0. The summed E-state index contributed by atoms with van der Waals surface area (Å²) in [6.45, 7) is 3.53. The van der Waals surface area contributed by atoms with E-state index >= 15 is 0 Å². The lowest BCUT2D eigenvalue weighted by molar-refractivity contribution is -0.137. The van der Waals surface area contributed by atoms with Gasteiger partial charge in [0.15, 0.2) is 5.78 Å². The van der Waals surface area contributed by atoms with Gasteiger partial charge < -0.3 is 4.57 Å². The Labute approximate surface area is 186 Å². The normalized spacial score (nSPS) is 17.3. The first-order chi connectivity index (χ1) is 15.2. The first-order valence-corrected chi connectivity index (χ1v) is 10.9. The van der Waals surface area contributed by atoms with E-state index in [4.69, 9.17) is 0 Å². The number of aromatic nitrogens is 1. The van der Waals surface area contributed by atoms with Gasteiger partial charge in [-0.05, 0) is 68.6 Å². The van der Waals surface area contributed by atoms with Gasteiger partial charge in [-0.2, -0.15) is 13.2 Å². The molecule has 168 valence electrons. The number of allylic oxidation sites excluding steroid dienone is 2. The number of hydrogen-bond acceptors (Lipinski definition) is 2. The van der Waals surface area contributed by atoms with E-state index in [1.807, 2.05) is 55.1 Å². The second kappa shape index (κ2) is 8.94. The molecule has 1 aliphatic rings. The molecule has 3 aromatic rings. The number of nitrogens with zero attached hydrogens (tertiary/aromatic N) is 2. The molecule has 1 fully saturated rings. The molecule has 6 heteroatoms. The van der Waals surface area contributed by atoms with Gasteiger partial charge in [-0.1, -0.05) is 36.4 Å². The van der Waals surface area contributed by atoms with Crippen molar-refractivity contribution >= 4 is 16.7 Å². The molecule has 2 heterocycles. The van der Waals surface area contributed by atoms with Crippen molar-refractivity contribution in [2.75, 3.05) is 13.1 Å². The van der Waals surface area contributed by atoms with Crippen molar-refractivity contribution in [2.45, 2.75) is 32.0 Å². The largest absolute Gasteiger partial charge is 0.416 e. The van der Waals surface area contributed by atoms with Gasteiger partial charge in [0.25, 0.3) is 0 Å². The fourth-order valence-corrected chi connectivity index (χ4v) is 4.54. The number of para-hydroxylation sites is 1. The van der Waals surface area contributed by atoms with E-state index in [1.54, 1.807) is 12.1 Å². The first-order valence-electron chi connectivity index (χ1n) is 10.9. The van der Waals surface area contributed by atoms with E-state index in [1.165, 1.54) is 12.1 Å². The summed E-state index contributed by atoms with van der Waals surface area (Å²) in [4.78, 5) is 15.0. The van der Waals surface area contributed by atoms with Gasteiger partial charge in [-0.3, -0.25) is 9.69 Å². The van der Waals surface area contributed by atoms with Crippen molar-refractivity contribution in [1.82, 2.24) is 9.47 Å². The highest BCUT2D eigenvalue weighted by Gasteiger charge is 2.31. The molecular weight excluding hydrogens is 413 g/mol. The van der Waals surface area contributed by atoms with Crippen LogP contribution < -0.4 is 0 Å². The molecule has 4 rings (SSSR count). The van der Waals surface area contributed by atoms with Crippen LogP contribution in [-0.2, 0) is 13.2 Å². The van der Waals surface area contributed by atoms with E-state index in [0.717, 1.165) is 42.9 Å². The quantitative estimate of drug-likeness (QED) is 0.338. The number of halogens is 3. The number of hydrogen-bond donors (Lipinski definition) is 0. The van der Waals surface area contributed by atoms with Crippen molar-refractivity contribution < 1.29 is 18.0 Å². The standard InChI is InChI=1S/C26H27F3N2O/c1-18(20-6-5-7-21(16-20)26(27,28)29)31-14-12-19(13-15-31)10-11-25(32)23-17-30(2)24-9-4-3-8-22(23)24/h3-11,16-19H,12-15H2,1-2H3/b11-10+. The molecule has 0 spiro atoms. The van der Waals surface area contributed by atoms with E-state index in [9.17, 15) is 18.0 Å². The number of benzene rings is 2. The van der Waals surface area contributed by atoms with Crippen LogP contribution in [0.25, 0.3) is 10.9 Å². The monoisotopic (exact) mass is 440 g/mol. The second-order valence-electron chi connectivity index (χ2n) is 8.57. The minimum absolute atomic E-state index is 0.00145. The van der Waals surface area contributed by atoms with Crippen molar-refractivity contribution in [3.8, 4) is 0 Å². The third-order valence-corrected chi connectivity index (χ3v) is 6.50. The zero-order valence-electron chi connectivity index (χ0n) is 18.3. The lowest BCUT2D eigenvalue weighted by Crippen LogP contribution is -2.35. The predicted molar refractivity (Wildman–Crippen MR) is 121 cm³/mol. The molecule has 0 saturated carbocycles. The number of piperidine rings is 1. The smallest absolute Gasteiger partial charge is 0.350 e. The Morgan fingerprint density at radius 1 is 1.09 bits per heavy atom. The number of fused-ring (bicyclic) bond motifs is 1. The number of ketones is 1. The van der Waals surface area contributed by atoms with Gasteiger partial charge >= 0.3 is 6.18 Å². The van der Waals surface area contributed by atoms with Crippen molar-refractivity contribution in [3.05, 3.63) is 83.6 Å². The lowest BCUT2D eigenvalue weighted by Gasteiger charge is -2.35. The molecule has 0 radical (unpaired) electrons. The molecule has 1 saturated heterocycles. The Balaban J connectivity index is 1.37. The predicted octanol–water partition coefficient (Wildman–Crippen LogP) is 6.41. The van der Waals surface area contributed by atoms with Gasteiger partial charge in [-0.15, -0.1) is 0 Å². The van der Waals surface area contributed by atoms with Crippen LogP contribution in [0, 0.1) is 5.92 Å². The molecular formula is C26H27F3N2O. The number of rotatable bonds is 5. The first kappa shape index (κ1) is 22.3. The minimum atomic E-state index is -4.33. The van der Waals surface area contributed by atoms with Crippen LogP contribution in [0.3, 0.4) is 0 Å². The molecule has 1 atom stereocenters. The maximum atomic E-state index is 13.0. The van der Waals surface area contributed by atoms with Crippen LogP contribution in [0.4, 0.5) is 13.2 Å². The number of aryl methyl sites for hydroxylation is 1. The van der Waals surface area contributed by atoms with Gasteiger partial charge in [0.1, 0.15) is 0 Å². The van der Waals surface area contributed by atoms with Crippen molar-refractivity contribution in [3.63, 3.8) is 0 Å². The summed E-state index contributed by atoms with van der Waals surface area (Å²) < 4.78 is 41.1. The lowest BCUT2D eigenvalue weighted by atomic mass is 9.93. The van der Waals surface area contributed by atoms with Crippen LogP contribution >= 0.6 is 0 Å². The van der Waals surface area contributed by atoms with Gasteiger partial charge in [0.05, 0.1) is 5.56 Å². The number of alkyl halides is 3. The maximum absolute atomic E-state index is 13.0. The molecule has 0 amide bonds. The van der Waals surface area contributed by atoms with Crippen molar-refractivity contribution in [2.24, 2.45) is 13.0 Å². The number of carbonyl (C=O) groups is 1. The number of carbonyl (C=O) groups excluding carboxylic acids is 1. The van der Waals surface area contributed by atoms with Crippen LogP contribution in [-0.4, -0.2) is 28.3 Å². The summed E-state index contributed by atoms with van der Waals surface area (Å²) in [7, 11) is 1.93. The molecule has 0 N–H and O–H groups in total. The zero-order chi connectivity index (χ0) is 22.9. The van der Waals surface area contributed by atoms with Crippen LogP contribution in [0.15, 0.2) is 66.9 Å². The fourth-order valence-electron chi connectivity index (χ4n) is 4.54. The SMILES string of the molecule is CC(c1cccc(C(F)(F)F)c1)N1CCC(/C=C/C(=O)c2cn(C)c3ccccc23)CC1. The number of likely N-dealkylation sites (tertiary alicyclic amines) is 1. The molecule has 0 bridgehead atoms. The van der Waals surface area contributed by atoms with Crippen LogP contribution in [0.5, 0.6) is 0 Å². The zero-order valence-corrected chi connectivity index (χ0v) is 18.3. The fraction of sp³-hybridized carbons (Fsp3) is 0.346. The highest BCUT2D eigenvalue weighted by atomic mass is 19.4. The summed E-state index contributed by atoms with van der Waals surface area (Å²) in [6, 6.07) is 13.4. The minimum Gasteiger partial charge on any atom is -0.350 e. The third-order valence-electron chi connectivity index (χ3n) is 6.50. The van der Waals surface area contributed by atoms with E-state index < -0.39 is 11.7 Å². The summed E-state index contributed by atoms with van der Waals surface area (Å²) in [5, 5.41) is 0.953. The molecule has 1 aromatic heterocycles. The molecule has 32 heavy (non-hydrogen) atoms. The Kier molecular flexibility index (Phi) is 6.24. The summed E-state index contributed by atoms with van der Waals surface area (Å²) in [5.41, 5.74) is 1.81. The highest BCUT2D eigenvalue weighted by molar-refractivity contribution is 6.13. The second-order valence-corrected chi connectivity index (χ2v) is 8.57. The Morgan fingerprint density at radius 2 is 1.81 bits per heavy atom. The summed E-state index contributed by atoms with van der Waals surface area (Å²) in [5.74, 6) is 0.292. The Hall–Kier alpha value is -2.86. The summed E-state index contributed by atoms with van der Waals surface area (Å²) in [6.07, 6.45) is 2.97. The van der Waals surface area contributed by atoms with Gasteiger partial charge in [0.2, 0.25) is 0 Å². The van der Waals surface area contributed by atoms with Gasteiger partial charge in [0, 0.05) is 35.8 Å². The van der Waals surface area contributed by atoms with Gasteiger partial charge in [-0.25, -0.2) is 0 Å². The molecule has 2 aromatic carbocycles. The molecule has 1 aliphatic heterocycles. The van der Waals surface area contributed by atoms with E-state index in [2.05, 4.69) is 4.90 Å². The molecule has 1 unspecified atom stereocenters. The van der Waals surface area contributed by atoms with E-state index in [0.29, 0.717) is 17.0 Å². The average molecular weight is 441 g/mol. The van der Waals surface area contributed by atoms with Crippen molar-refractivity contribution in [1.29, 1.82) is 0 Å². The topological polar surface area (TPSA) is 25.2 Å².